The van der Waals surface area contributed by atoms with Gasteiger partial charge < -0.3 is 5.11 Å². The number of nitrogens with one attached hydrogen (secondary N) is 1. The monoisotopic (exact) mass is 283 g/mol. The molecular weight excluding hydrogens is 262 g/mol. The molecule has 0 rings (SSSR count). The first kappa shape index (κ1) is 16.7. The highest BCUT2D eigenvalue weighted by atomic mass is 32.2. The molecule has 0 saturated heterocycles. The summed E-state index contributed by atoms with van der Waals surface area (Å²) in [5.74, 6) is -1.33. The first-order valence-corrected chi connectivity index (χ1v) is 8.28. The Kier molecular flexibility index (Phi) is 6.50. The molecule has 0 heterocycles. The third-order valence-corrected chi connectivity index (χ3v) is 6.40. The van der Waals surface area contributed by atoms with Crippen LogP contribution in [0, 0.1) is 0 Å². The van der Waals surface area contributed by atoms with Crippen LogP contribution in [-0.2, 0) is 14.8 Å². The van der Waals surface area contributed by atoms with Crippen LogP contribution in [0.15, 0.2) is 0 Å². The maximum atomic E-state index is 11.7. The average molecular weight is 283 g/mol. The number of carboxylic acid groups (broad SMARTS) is 1. The van der Waals surface area contributed by atoms with Gasteiger partial charge in [-0.05, 0) is 26.0 Å². The normalized spacial score (nSPS) is 14.6. The van der Waals surface area contributed by atoms with E-state index in [9.17, 15) is 13.2 Å². The van der Waals surface area contributed by atoms with Crippen LogP contribution in [-0.4, -0.2) is 42.3 Å². The van der Waals surface area contributed by atoms with Crippen molar-refractivity contribution in [2.45, 2.75) is 43.6 Å². The summed E-state index contributed by atoms with van der Waals surface area (Å²) in [7, 11) is -3.79. The average Bonchev–Trinajstić information content (AvgIpc) is 2.30. The predicted octanol–water partition coefficient (Wildman–Crippen LogP) is 1.30. The van der Waals surface area contributed by atoms with Crippen LogP contribution in [0.3, 0.4) is 0 Å². The highest BCUT2D eigenvalue weighted by molar-refractivity contribution is 8.00. The number of thioether (sulfide) groups is 1. The van der Waals surface area contributed by atoms with E-state index in [1.165, 1.54) is 6.92 Å². The van der Waals surface area contributed by atoms with Crippen LogP contribution in [0.4, 0.5) is 0 Å². The lowest BCUT2D eigenvalue weighted by molar-refractivity contribution is -0.136. The Morgan fingerprint density at radius 2 is 1.88 bits per heavy atom. The molecule has 0 saturated carbocycles. The van der Waals surface area contributed by atoms with Gasteiger partial charge in [0.25, 0.3) is 0 Å². The van der Waals surface area contributed by atoms with E-state index in [2.05, 4.69) is 4.72 Å². The van der Waals surface area contributed by atoms with Gasteiger partial charge in [-0.25, -0.2) is 13.1 Å². The zero-order valence-electron chi connectivity index (χ0n) is 10.7. The summed E-state index contributed by atoms with van der Waals surface area (Å²) >= 11 is 1.60. The van der Waals surface area contributed by atoms with Crippen LogP contribution < -0.4 is 4.72 Å². The predicted molar refractivity (Wildman–Crippen MR) is 70.8 cm³/mol. The van der Waals surface area contributed by atoms with E-state index < -0.39 is 21.2 Å². The van der Waals surface area contributed by atoms with Crippen molar-refractivity contribution < 1.29 is 18.3 Å². The van der Waals surface area contributed by atoms with Crippen LogP contribution in [0.25, 0.3) is 0 Å². The number of rotatable bonds is 8. The fourth-order valence-electron chi connectivity index (χ4n) is 1.35. The number of carbonyl (C=O) groups is 1. The molecule has 0 spiro atoms. The summed E-state index contributed by atoms with van der Waals surface area (Å²) in [5, 5.41) is 7.27. The van der Waals surface area contributed by atoms with Crippen molar-refractivity contribution in [1.82, 2.24) is 4.72 Å². The van der Waals surface area contributed by atoms with Crippen LogP contribution >= 0.6 is 11.8 Å². The van der Waals surface area contributed by atoms with Crippen molar-refractivity contribution in [3.63, 3.8) is 0 Å². The molecule has 0 radical (unpaired) electrons. The van der Waals surface area contributed by atoms with Gasteiger partial charge in [-0.2, -0.15) is 11.8 Å². The van der Waals surface area contributed by atoms with Crippen molar-refractivity contribution in [1.29, 1.82) is 0 Å². The molecule has 102 valence electrons. The Hall–Kier alpha value is -0.270. The molecule has 0 aromatic carbocycles. The van der Waals surface area contributed by atoms with Crippen molar-refractivity contribution >= 4 is 27.8 Å². The lowest BCUT2D eigenvalue weighted by atomic mass is 10.0. The molecule has 0 amide bonds. The Balaban J connectivity index is 4.71. The summed E-state index contributed by atoms with van der Waals surface area (Å²) in [5.41, 5.74) is 0. The third-order valence-electron chi connectivity index (χ3n) is 3.13. The van der Waals surface area contributed by atoms with Gasteiger partial charge in [0, 0.05) is 11.3 Å². The summed E-state index contributed by atoms with van der Waals surface area (Å²) in [4.78, 5) is 10.7. The lowest BCUT2D eigenvalue weighted by Crippen LogP contribution is -2.44. The van der Waals surface area contributed by atoms with E-state index in [0.29, 0.717) is 0 Å². The summed E-state index contributed by atoms with van der Waals surface area (Å²) in [6.45, 7) is 5.42. The third kappa shape index (κ3) is 4.48. The number of sulfonamides is 1. The summed E-state index contributed by atoms with van der Waals surface area (Å²) < 4.78 is 25.6. The highest BCUT2D eigenvalue weighted by Gasteiger charge is 2.31. The standard InChI is InChI=1S/C10H21NO4S2/c1-5-10(6-2,16-4)7-11-17(14,15)8(3)9(12)13/h8,11H,5-7H2,1-4H3,(H,12,13). The van der Waals surface area contributed by atoms with Crippen molar-refractivity contribution in [2.24, 2.45) is 0 Å². The second kappa shape index (κ2) is 6.61. The van der Waals surface area contributed by atoms with Crippen molar-refractivity contribution in [2.75, 3.05) is 12.8 Å². The molecule has 0 aliphatic heterocycles. The molecule has 0 bridgehead atoms. The second-order valence-corrected chi connectivity index (χ2v) is 7.30. The lowest BCUT2D eigenvalue weighted by Gasteiger charge is -2.30. The van der Waals surface area contributed by atoms with E-state index in [0.717, 1.165) is 12.8 Å². The Morgan fingerprint density at radius 1 is 1.41 bits per heavy atom. The molecule has 0 aromatic heterocycles. The largest absolute Gasteiger partial charge is 0.480 e. The number of hydrogen-bond acceptors (Lipinski definition) is 4. The van der Waals surface area contributed by atoms with E-state index >= 15 is 0 Å². The van der Waals surface area contributed by atoms with Gasteiger partial charge in [-0.3, -0.25) is 4.79 Å². The van der Waals surface area contributed by atoms with Gasteiger partial charge >= 0.3 is 5.97 Å². The quantitative estimate of drug-likeness (QED) is 0.701. The molecule has 2 N–H and O–H groups in total. The number of hydrogen-bond donors (Lipinski definition) is 2. The van der Waals surface area contributed by atoms with Gasteiger partial charge in [-0.15, -0.1) is 0 Å². The van der Waals surface area contributed by atoms with E-state index in [4.69, 9.17) is 5.11 Å². The fourth-order valence-corrected chi connectivity index (χ4v) is 3.23. The molecular formula is C10H21NO4S2. The molecule has 17 heavy (non-hydrogen) atoms. The van der Waals surface area contributed by atoms with Crippen LogP contribution in [0.1, 0.15) is 33.6 Å². The minimum Gasteiger partial charge on any atom is -0.480 e. The molecule has 1 atom stereocenters. The van der Waals surface area contributed by atoms with E-state index in [1.807, 2.05) is 20.1 Å². The van der Waals surface area contributed by atoms with E-state index in [-0.39, 0.29) is 11.3 Å². The Bertz CT molecular complexity index is 341. The Labute approximate surface area is 107 Å². The maximum Gasteiger partial charge on any atom is 0.323 e. The molecule has 5 nitrogen and oxygen atoms in total. The summed E-state index contributed by atoms with van der Waals surface area (Å²) in [6.07, 6.45) is 3.59. The molecule has 0 aliphatic carbocycles. The molecule has 0 aliphatic rings. The minimum absolute atomic E-state index is 0.161. The van der Waals surface area contributed by atoms with Gasteiger partial charge in [0.15, 0.2) is 5.25 Å². The van der Waals surface area contributed by atoms with Crippen LogP contribution in [0.5, 0.6) is 0 Å². The molecule has 1 unspecified atom stereocenters. The topological polar surface area (TPSA) is 83.5 Å². The summed E-state index contributed by atoms with van der Waals surface area (Å²) in [6, 6.07) is 0. The number of carboxylic acids is 1. The second-order valence-electron chi connectivity index (χ2n) is 3.94. The Morgan fingerprint density at radius 3 is 2.18 bits per heavy atom. The fraction of sp³-hybridized carbons (Fsp3) is 0.900. The maximum absolute atomic E-state index is 11.7. The van der Waals surface area contributed by atoms with Crippen molar-refractivity contribution in [3.8, 4) is 0 Å². The number of aliphatic carboxylic acids is 1. The zero-order valence-corrected chi connectivity index (χ0v) is 12.3. The SMILES string of the molecule is CCC(CC)(CNS(=O)(=O)C(C)C(=O)O)SC. The van der Waals surface area contributed by atoms with Gasteiger partial charge in [0.1, 0.15) is 0 Å². The van der Waals surface area contributed by atoms with Gasteiger partial charge in [-0.1, -0.05) is 13.8 Å². The molecule has 0 aromatic rings. The first-order chi connectivity index (χ1) is 7.74. The van der Waals surface area contributed by atoms with Gasteiger partial charge in [0.05, 0.1) is 0 Å². The minimum atomic E-state index is -3.79. The van der Waals surface area contributed by atoms with Crippen LogP contribution in [0.2, 0.25) is 0 Å². The zero-order chi connectivity index (χ0) is 13.7. The van der Waals surface area contributed by atoms with E-state index in [1.54, 1.807) is 11.8 Å². The van der Waals surface area contributed by atoms with Crippen molar-refractivity contribution in [3.05, 3.63) is 0 Å². The first-order valence-electron chi connectivity index (χ1n) is 5.51. The highest BCUT2D eigenvalue weighted by Crippen LogP contribution is 2.29. The smallest absolute Gasteiger partial charge is 0.323 e. The molecule has 7 heteroatoms. The molecule has 0 fully saturated rings. The van der Waals surface area contributed by atoms with Gasteiger partial charge in [0.2, 0.25) is 10.0 Å².